The largest absolute Gasteiger partial charge is 0.500 e. The van der Waals surface area contributed by atoms with E-state index in [1.54, 1.807) is 24.3 Å². The van der Waals surface area contributed by atoms with Crippen LogP contribution in [0.25, 0.3) is 0 Å². The van der Waals surface area contributed by atoms with Crippen molar-refractivity contribution in [3.63, 3.8) is 0 Å². The molecule has 1 aliphatic carbocycles. The Balaban J connectivity index is 2.24. The quantitative estimate of drug-likeness (QED) is 0.896. The smallest absolute Gasteiger partial charge is 0.259 e. The molecule has 6 heteroatoms. The zero-order valence-corrected chi connectivity index (χ0v) is 12.2. The van der Waals surface area contributed by atoms with Gasteiger partial charge in [0.1, 0.15) is 5.76 Å². The molecule has 2 amide bonds. The third-order valence-electron chi connectivity index (χ3n) is 3.15. The molecule has 5 nitrogen and oxygen atoms in total. The molecule has 0 saturated heterocycles. The van der Waals surface area contributed by atoms with Gasteiger partial charge in [-0.05, 0) is 36.8 Å². The molecule has 0 bridgehead atoms. The molecule has 0 saturated carbocycles. The van der Waals surface area contributed by atoms with E-state index in [0.29, 0.717) is 40.5 Å². The SMILES string of the molecule is COC1=C(C(=O)Nc2ccc(Cl)cc2)C=C(C(N)=O)CC1. The van der Waals surface area contributed by atoms with Crippen molar-refractivity contribution in [3.8, 4) is 0 Å². The number of hydrogen-bond acceptors (Lipinski definition) is 3. The number of methoxy groups -OCH3 is 1. The summed E-state index contributed by atoms with van der Waals surface area (Å²) in [4.78, 5) is 23.6. The molecule has 0 spiro atoms. The summed E-state index contributed by atoms with van der Waals surface area (Å²) in [5.41, 5.74) is 6.60. The zero-order chi connectivity index (χ0) is 15.4. The van der Waals surface area contributed by atoms with Gasteiger partial charge >= 0.3 is 0 Å². The van der Waals surface area contributed by atoms with Gasteiger partial charge in [-0.1, -0.05) is 11.6 Å². The van der Waals surface area contributed by atoms with Crippen molar-refractivity contribution in [1.82, 2.24) is 0 Å². The summed E-state index contributed by atoms with van der Waals surface area (Å²) in [5, 5.41) is 3.31. The number of amides is 2. The standard InChI is InChI=1S/C15H15ClN2O3/c1-21-13-7-2-9(14(17)19)8-12(13)15(20)18-11-5-3-10(16)4-6-11/h3-6,8H,2,7H2,1H3,(H2,17,19)(H,18,20). The Morgan fingerprint density at radius 3 is 2.48 bits per heavy atom. The van der Waals surface area contributed by atoms with Crippen LogP contribution in [0.1, 0.15) is 12.8 Å². The fraction of sp³-hybridized carbons (Fsp3) is 0.200. The summed E-state index contributed by atoms with van der Waals surface area (Å²) >= 11 is 5.79. The predicted molar refractivity (Wildman–Crippen MR) is 80.6 cm³/mol. The van der Waals surface area contributed by atoms with Gasteiger partial charge in [-0.25, -0.2) is 0 Å². The van der Waals surface area contributed by atoms with Crippen molar-refractivity contribution in [1.29, 1.82) is 0 Å². The fourth-order valence-electron chi connectivity index (χ4n) is 2.04. The number of benzene rings is 1. The highest BCUT2D eigenvalue weighted by Crippen LogP contribution is 2.25. The fourth-order valence-corrected chi connectivity index (χ4v) is 2.17. The number of carbonyl (C=O) groups is 2. The summed E-state index contributed by atoms with van der Waals surface area (Å²) in [6, 6.07) is 6.73. The van der Waals surface area contributed by atoms with E-state index in [-0.39, 0.29) is 5.91 Å². The van der Waals surface area contributed by atoms with Crippen molar-refractivity contribution in [2.45, 2.75) is 12.8 Å². The summed E-state index contributed by atoms with van der Waals surface area (Å²) < 4.78 is 5.21. The Bertz CT molecular complexity index is 633. The lowest BCUT2D eigenvalue weighted by molar-refractivity contribution is -0.114. The van der Waals surface area contributed by atoms with Crippen molar-refractivity contribution in [2.75, 3.05) is 12.4 Å². The highest BCUT2D eigenvalue weighted by Gasteiger charge is 2.22. The Labute approximate surface area is 127 Å². The molecule has 1 aromatic rings. The number of hydrogen-bond donors (Lipinski definition) is 2. The second kappa shape index (κ2) is 6.45. The van der Waals surface area contributed by atoms with Gasteiger partial charge in [-0.2, -0.15) is 0 Å². The maximum absolute atomic E-state index is 12.3. The summed E-state index contributed by atoms with van der Waals surface area (Å²) in [5.74, 6) is -0.346. The van der Waals surface area contributed by atoms with Crippen LogP contribution in [0.4, 0.5) is 5.69 Å². The molecule has 0 heterocycles. The molecule has 0 atom stereocenters. The van der Waals surface area contributed by atoms with Gasteiger partial charge < -0.3 is 15.8 Å². The maximum atomic E-state index is 12.3. The minimum atomic E-state index is -0.526. The van der Waals surface area contributed by atoms with Crippen LogP contribution in [0.3, 0.4) is 0 Å². The molecule has 3 N–H and O–H groups in total. The van der Waals surface area contributed by atoms with Crippen molar-refractivity contribution < 1.29 is 14.3 Å². The van der Waals surface area contributed by atoms with Gasteiger partial charge in [-0.3, -0.25) is 9.59 Å². The number of allylic oxidation sites excluding steroid dienone is 1. The summed E-state index contributed by atoms with van der Waals surface area (Å²) in [6.07, 6.45) is 2.42. The van der Waals surface area contributed by atoms with Crippen LogP contribution in [0.5, 0.6) is 0 Å². The van der Waals surface area contributed by atoms with E-state index < -0.39 is 5.91 Å². The van der Waals surface area contributed by atoms with Crippen LogP contribution in [0, 0.1) is 0 Å². The van der Waals surface area contributed by atoms with E-state index in [1.165, 1.54) is 13.2 Å². The van der Waals surface area contributed by atoms with E-state index in [0.717, 1.165) is 0 Å². The maximum Gasteiger partial charge on any atom is 0.259 e. The number of carbonyl (C=O) groups excluding carboxylic acids is 2. The van der Waals surface area contributed by atoms with Gasteiger partial charge in [0, 0.05) is 22.7 Å². The first-order chi connectivity index (χ1) is 10.0. The first kappa shape index (κ1) is 15.1. The average molecular weight is 307 g/mol. The Morgan fingerprint density at radius 1 is 1.24 bits per heavy atom. The first-order valence-electron chi connectivity index (χ1n) is 6.35. The lowest BCUT2D eigenvalue weighted by Gasteiger charge is -2.17. The molecule has 0 aromatic heterocycles. The van der Waals surface area contributed by atoms with Gasteiger partial charge in [0.2, 0.25) is 5.91 Å². The molecule has 110 valence electrons. The minimum Gasteiger partial charge on any atom is -0.500 e. The average Bonchev–Trinajstić information content (AvgIpc) is 2.48. The van der Waals surface area contributed by atoms with E-state index in [1.807, 2.05) is 0 Å². The van der Waals surface area contributed by atoms with Crippen LogP contribution in [0.2, 0.25) is 5.02 Å². The zero-order valence-electron chi connectivity index (χ0n) is 11.5. The molecule has 0 aliphatic heterocycles. The monoisotopic (exact) mass is 306 g/mol. The Morgan fingerprint density at radius 2 is 1.90 bits per heavy atom. The number of rotatable bonds is 4. The van der Waals surface area contributed by atoms with E-state index in [4.69, 9.17) is 22.1 Å². The van der Waals surface area contributed by atoms with E-state index >= 15 is 0 Å². The van der Waals surface area contributed by atoms with Gasteiger partial charge in [0.05, 0.1) is 12.7 Å². The molecule has 1 aliphatic rings. The molecule has 2 rings (SSSR count). The van der Waals surface area contributed by atoms with Crippen LogP contribution in [-0.4, -0.2) is 18.9 Å². The highest BCUT2D eigenvalue weighted by atomic mass is 35.5. The van der Waals surface area contributed by atoms with Crippen molar-refractivity contribution in [2.24, 2.45) is 5.73 Å². The number of nitrogens with one attached hydrogen (secondary N) is 1. The number of anilines is 1. The number of nitrogens with two attached hydrogens (primary N) is 1. The first-order valence-corrected chi connectivity index (χ1v) is 6.73. The Kier molecular flexibility index (Phi) is 4.65. The van der Waals surface area contributed by atoms with Gasteiger partial charge in [0.25, 0.3) is 5.91 Å². The van der Waals surface area contributed by atoms with Crippen LogP contribution < -0.4 is 11.1 Å². The highest BCUT2D eigenvalue weighted by molar-refractivity contribution is 6.30. The van der Waals surface area contributed by atoms with Gasteiger partial charge in [0.15, 0.2) is 0 Å². The lowest BCUT2D eigenvalue weighted by atomic mass is 9.96. The molecular weight excluding hydrogens is 292 g/mol. The van der Waals surface area contributed by atoms with Crippen molar-refractivity contribution in [3.05, 3.63) is 52.3 Å². The molecule has 0 fully saturated rings. The van der Waals surface area contributed by atoms with Crippen molar-refractivity contribution >= 4 is 29.1 Å². The summed E-state index contributed by atoms with van der Waals surface area (Å²) in [7, 11) is 1.49. The van der Waals surface area contributed by atoms with E-state index in [9.17, 15) is 9.59 Å². The topological polar surface area (TPSA) is 81.4 Å². The van der Waals surface area contributed by atoms with Crippen LogP contribution in [-0.2, 0) is 14.3 Å². The Hall–Kier alpha value is -2.27. The molecule has 0 unspecified atom stereocenters. The minimum absolute atomic E-state index is 0.313. The molecule has 0 radical (unpaired) electrons. The second-order valence-corrected chi connectivity index (χ2v) is 4.97. The predicted octanol–water partition coefficient (Wildman–Crippen LogP) is 2.38. The second-order valence-electron chi connectivity index (χ2n) is 4.54. The third-order valence-corrected chi connectivity index (χ3v) is 3.40. The number of primary amides is 1. The lowest BCUT2D eigenvalue weighted by Crippen LogP contribution is -2.22. The third kappa shape index (κ3) is 3.64. The van der Waals surface area contributed by atoms with E-state index in [2.05, 4.69) is 5.32 Å². The normalized spacial score (nSPS) is 14.5. The van der Waals surface area contributed by atoms with Crippen LogP contribution in [0.15, 0.2) is 47.2 Å². The molecular formula is C15H15ClN2O3. The number of halogens is 1. The number of ether oxygens (including phenoxy) is 1. The van der Waals surface area contributed by atoms with Gasteiger partial charge in [-0.15, -0.1) is 0 Å². The summed E-state index contributed by atoms with van der Waals surface area (Å²) in [6.45, 7) is 0. The molecule has 21 heavy (non-hydrogen) atoms. The molecule has 1 aromatic carbocycles. The van der Waals surface area contributed by atoms with Crippen LogP contribution >= 0.6 is 11.6 Å².